The van der Waals surface area contributed by atoms with Crippen molar-refractivity contribution in [2.45, 2.75) is 25.4 Å². The molecule has 1 N–H and O–H groups in total. The lowest BCUT2D eigenvalue weighted by atomic mass is 9.82. The van der Waals surface area contributed by atoms with Gasteiger partial charge in [0.1, 0.15) is 0 Å². The molecule has 0 heterocycles. The van der Waals surface area contributed by atoms with E-state index in [-0.39, 0.29) is 5.41 Å². The summed E-state index contributed by atoms with van der Waals surface area (Å²) in [7, 11) is 0. The Labute approximate surface area is 160 Å². The van der Waals surface area contributed by atoms with E-state index in [1.54, 1.807) is 0 Å². The van der Waals surface area contributed by atoms with Crippen LogP contribution in [0.4, 0.5) is 24.5 Å². The molecule has 5 heteroatoms. The van der Waals surface area contributed by atoms with Crippen LogP contribution in [0.1, 0.15) is 30.5 Å². The van der Waals surface area contributed by atoms with E-state index in [1.165, 1.54) is 23.3 Å². The Hall–Kier alpha value is -2.46. The van der Waals surface area contributed by atoms with E-state index in [4.69, 9.17) is 11.6 Å². The van der Waals surface area contributed by atoms with Crippen LogP contribution < -0.4 is 5.32 Å². The van der Waals surface area contributed by atoms with E-state index in [2.05, 4.69) is 25.2 Å². The van der Waals surface area contributed by atoms with Crippen LogP contribution in [0.25, 0.3) is 11.1 Å². The molecular weight excluding hydrogens is 371 g/mol. The molecule has 27 heavy (non-hydrogen) atoms. The van der Waals surface area contributed by atoms with Crippen LogP contribution in [0.3, 0.4) is 0 Å². The molecule has 0 spiro atoms. The van der Waals surface area contributed by atoms with Gasteiger partial charge in [-0.15, -0.1) is 0 Å². The van der Waals surface area contributed by atoms with Crippen LogP contribution in [-0.4, -0.2) is 0 Å². The predicted octanol–water partition coefficient (Wildman–Crippen LogP) is 7.41. The van der Waals surface area contributed by atoms with Gasteiger partial charge in [0.05, 0.1) is 5.56 Å². The molecule has 0 aromatic heterocycles. The summed E-state index contributed by atoms with van der Waals surface area (Å²) in [6.45, 7) is 4.30. The second-order valence-electron chi connectivity index (χ2n) is 7.28. The maximum absolute atomic E-state index is 12.7. The average Bonchev–Trinajstić information content (AvgIpc) is 2.82. The Morgan fingerprint density at radius 3 is 1.96 bits per heavy atom. The average molecular weight is 388 g/mol. The molecule has 1 aliphatic carbocycles. The summed E-state index contributed by atoms with van der Waals surface area (Å²) in [5.41, 5.74) is 5.25. The van der Waals surface area contributed by atoms with E-state index in [0.29, 0.717) is 10.7 Å². The molecule has 0 bridgehead atoms. The smallest absolute Gasteiger partial charge is 0.356 e. The van der Waals surface area contributed by atoms with E-state index in [9.17, 15) is 13.2 Å². The molecule has 3 aromatic rings. The minimum atomic E-state index is -4.33. The third-order valence-electron chi connectivity index (χ3n) is 5.14. The Balaban J connectivity index is 1.67. The molecular formula is C22H17ClF3N. The molecule has 0 atom stereocenters. The van der Waals surface area contributed by atoms with Crippen molar-refractivity contribution in [3.8, 4) is 11.1 Å². The number of hydrogen-bond acceptors (Lipinski definition) is 1. The standard InChI is InChI=1S/C22H17ClF3N/c1-21(2)19-11-14(23)5-9-17(19)18-10-8-16(12-20(18)21)27-15-6-3-13(4-7-15)22(24,25)26/h3-12,27H,1-2H3. The molecule has 0 saturated carbocycles. The van der Waals surface area contributed by atoms with Crippen LogP contribution in [0, 0.1) is 0 Å². The number of anilines is 2. The van der Waals surface area contributed by atoms with Gasteiger partial charge in [-0.1, -0.05) is 37.6 Å². The second-order valence-corrected chi connectivity index (χ2v) is 7.71. The van der Waals surface area contributed by atoms with Crippen molar-refractivity contribution in [3.63, 3.8) is 0 Å². The summed E-state index contributed by atoms with van der Waals surface area (Å²) in [5.74, 6) is 0. The first kappa shape index (κ1) is 17.9. The van der Waals surface area contributed by atoms with Crippen LogP contribution in [0.2, 0.25) is 5.02 Å². The lowest BCUT2D eigenvalue weighted by Crippen LogP contribution is -2.15. The van der Waals surface area contributed by atoms with Crippen molar-refractivity contribution in [2.75, 3.05) is 5.32 Å². The van der Waals surface area contributed by atoms with Gasteiger partial charge in [-0.25, -0.2) is 0 Å². The number of hydrogen-bond donors (Lipinski definition) is 1. The molecule has 0 saturated heterocycles. The minimum Gasteiger partial charge on any atom is -0.356 e. The first-order valence-corrected chi connectivity index (χ1v) is 8.93. The van der Waals surface area contributed by atoms with Crippen molar-refractivity contribution in [2.24, 2.45) is 0 Å². The van der Waals surface area contributed by atoms with Crippen LogP contribution in [0.15, 0.2) is 60.7 Å². The van der Waals surface area contributed by atoms with E-state index < -0.39 is 11.7 Å². The molecule has 1 nitrogen and oxygen atoms in total. The first-order valence-electron chi connectivity index (χ1n) is 8.55. The Kier molecular flexibility index (Phi) is 4.00. The molecule has 3 aromatic carbocycles. The number of benzene rings is 3. The largest absolute Gasteiger partial charge is 0.416 e. The van der Waals surface area contributed by atoms with Gasteiger partial charge in [0.15, 0.2) is 0 Å². The Morgan fingerprint density at radius 2 is 1.33 bits per heavy atom. The van der Waals surface area contributed by atoms with Crippen molar-refractivity contribution < 1.29 is 13.2 Å². The molecule has 1 aliphatic rings. The van der Waals surface area contributed by atoms with Crippen LogP contribution in [-0.2, 0) is 11.6 Å². The Bertz CT molecular complexity index is 1020. The number of fused-ring (bicyclic) bond motifs is 3. The number of alkyl halides is 3. The topological polar surface area (TPSA) is 12.0 Å². The third-order valence-corrected chi connectivity index (χ3v) is 5.37. The van der Waals surface area contributed by atoms with Crippen molar-refractivity contribution in [1.29, 1.82) is 0 Å². The highest BCUT2D eigenvalue weighted by Crippen LogP contribution is 2.50. The number of nitrogens with one attached hydrogen (secondary N) is 1. The van der Waals surface area contributed by atoms with E-state index in [1.807, 2.05) is 30.3 Å². The summed E-state index contributed by atoms with van der Waals surface area (Å²) in [6.07, 6.45) is -4.33. The lowest BCUT2D eigenvalue weighted by Gasteiger charge is -2.22. The van der Waals surface area contributed by atoms with E-state index >= 15 is 0 Å². The maximum Gasteiger partial charge on any atom is 0.416 e. The quantitative estimate of drug-likeness (QED) is 0.482. The van der Waals surface area contributed by atoms with Gasteiger partial charge >= 0.3 is 6.18 Å². The summed E-state index contributed by atoms with van der Waals surface area (Å²) in [5, 5.41) is 3.90. The maximum atomic E-state index is 12.7. The van der Waals surface area contributed by atoms with Gasteiger partial charge in [-0.3, -0.25) is 0 Å². The van der Waals surface area contributed by atoms with Gasteiger partial charge in [0, 0.05) is 21.8 Å². The zero-order valence-electron chi connectivity index (χ0n) is 14.8. The molecule has 0 amide bonds. The highest BCUT2D eigenvalue weighted by atomic mass is 35.5. The zero-order chi connectivity index (χ0) is 19.4. The monoisotopic (exact) mass is 387 g/mol. The summed E-state index contributed by atoms with van der Waals surface area (Å²) in [6, 6.07) is 17.0. The second kappa shape index (κ2) is 6.03. The van der Waals surface area contributed by atoms with Gasteiger partial charge in [-0.05, 0) is 70.8 Å². The van der Waals surface area contributed by atoms with Crippen molar-refractivity contribution >= 4 is 23.0 Å². The third kappa shape index (κ3) is 3.08. The SMILES string of the molecule is CC1(C)c2cc(Cl)ccc2-c2ccc(Nc3ccc(C(F)(F)F)cc3)cc21. The molecule has 0 aliphatic heterocycles. The molecule has 0 unspecified atom stereocenters. The highest BCUT2D eigenvalue weighted by Gasteiger charge is 2.35. The first-order chi connectivity index (χ1) is 12.7. The fraction of sp³-hybridized carbons (Fsp3) is 0.182. The normalized spacial score (nSPS) is 14.6. The zero-order valence-corrected chi connectivity index (χ0v) is 15.5. The lowest BCUT2D eigenvalue weighted by molar-refractivity contribution is -0.137. The van der Waals surface area contributed by atoms with E-state index in [0.717, 1.165) is 28.9 Å². The minimum absolute atomic E-state index is 0.201. The van der Waals surface area contributed by atoms with Crippen molar-refractivity contribution in [1.82, 2.24) is 0 Å². The molecule has 138 valence electrons. The molecule has 4 rings (SSSR count). The summed E-state index contributed by atoms with van der Waals surface area (Å²) in [4.78, 5) is 0. The predicted molar refractivity (Wildman–Crippen MR) is 104 cm³/mol. The summed E-state index contributed by atoms with van der Waals surface area (Å²) >= 11 is 6.18. The fourth-order valence-corrected chi connectivity index (χ4v) is 3.87. The van der Waals surface area contributed by atoms with Crippen LogP contribution in [0.5, 0.6) is 0 Å². The fourth-order valence-electron chi connectivity index (χ4n) is 3.70. The molecule has 0 radical (unpaired) electrons. The molecule has 0 fully saturated rings. The Morgan fingerprint density at radius 1 is 0.778 bits per heavy atom. The number of rotatable bonds is 2. The summed E-state index contributed by atoms with van der Waals surface area (Å²) < 4.78 is 38.1. The van der Waals surface area contributed by atoms with Crippen LogP contribution >= 0.6 is 11.6 Å². The highest BCUT2D eigenvalue weighted by molar-refractivity contribution is 6.30. The van der Waals surface area contributed by atoms with Gasteiger partial charge in [0.2, 0.25) is 0 Å². The van der Waals surface area contributed by atoms with Gasteiger partial charge in [0.25, 0.3) is 0 Å². The van der Waals surface area contributed by atoms with Gasteiger partial charge < -0.3 is 5.32 Å². The number of halogens is 4. The van der Waals surface area contributed by atoms with Gasteiger partial charge in [-0.2, -0.15) is 13.2 Å². The van der Waals surface area contributed by atoms with Crippen molar-refractivity contribution in [3.05, 3.63) is 82.4 Å².